The molecule has 0 bridgehead atoms. The summed E-state index contributed by atoms with van der Waals surface area (Å²) in [7, 11) is 0. The Bertz CT molecular complexity index is 1610. The molecule has 0 spiro atoms. The standard InChI is InChI=1S/C23H16N8O3S/c32-21-17(14-24-26-18-11-5-4-10-16(18)22(33)34)20(25-19-12-6-7-13-30(19)21)35-23-27-28-29-31(23)15-8-2-1-3-9-15/h1-14,26H,(H,33,34)/b24-14+. The number of tetrazole rings is 1. The van der Waals surface area contributed by atoms with Crippen LogP contribution >= 0.6 is 11.8 Å². The van der Waals surface area contributed by atoms with Crippen LogP contribution in [0.2, 0.25) is 0 Å². The molecular weight excluding hydrogens is 468 g/mol. The third-order valence-electron chi connectivity index (χ3n) is 4.90. The Balaban J connectivity index is 1.55. The minimum absolute atomic E-state index is 0.0506. The first-order valence-electron chi connectivity index (χ1n) is 10.3. The van der Waals surface area contributed by atoms with Gasteiger partial charge in [-0.3, -0.25) is 14.6 Å². The Kier molecular flexibility index (Phi) is 6.01. The predicted molar refractivity (Wildman–Crippen MR) is 129 cm³/mol. The second-order valence-corrected chi connectivity index (χ2v) is 8.05. The van der Waals surface area contributed by atoms with E-state index in [0.717, 1.165) is 17.4 Å². The molecule has 0 radical (unpaired) electrons. The van der Waals surface area contributed by atoms with Gasteiger partial charge in [0.15, 0.2) is 0 Å². The first kappa shape index (κ1) is 22.0. The Morgan fingerprint density at radius 3 is 2.63 bits per heavy atom. The van der Waals surface area contributed by atoms with Gasteiger partial charge in [0.2, 0.25) is 5.16 Å². The summed E-state index contributed by atoms with van der Waals surface area (Å²) in [4.78, 5) is 29.4. The molecule has 5 rings (SSSR count). The van der Waals surface area contributed by atoms with Crippen molar-refractivity contribution in [1.82, 2.24) is 29.6 Å². The summed E-state index contributed by atoms with van der Waals surface area (Å²) < 4.78 is 2.94. The van der Waals surface area contributed by atoms with E-state index in [1.807, 2.05) is 30.3 Å². The minimum atomic E-state index is -1.10. The number of aromatic nitrogens is 6. The normalized spacial score (nSPS) is 11.2. The lowest BCUT2D eigenvalue weighted by Crippen LogP contribution is -2.21. The topological polar surface area (TPSA) is 140 Å². The first-order valence-corrected chi connectivity index (χ1v) is 11.1. The molecule has 3 heterocycles. The van der Waals surface area contributed by atoms with Gasteiger partial charge in [-0.05, 0) is 58.6 Å². The summed E-state index contributed by atoms with van der Waals surface area (Å²) >= 11 is 1.11. The van der Waals surface area contributed by atoms with Crippen molar-refractivity contribution in [3.8, 4) is 5.69 Å². The van der Waals surface area contributed by atoms with Gasteiger partial charge >= 0.3 is 5.97 Å². The summed E-state index contributed by atoms with van der Waals surface area (Å²) in [6.45, 7) is 0. The molecule has 172 valence electrons. The molecule has 0 fully saturated rings. The van der Waals surface area contributed by atoms with Crippen molar-refractivity contribution in [2.45, 2.75) is 10.2 Å². The first-order chi connectivity index (χ1) is 17.1. The number of benzene rings is 2. The zero-order valence-electron chi connectivity index (χ0n) is 17.9. The van der Waals surface area contributed by atoms with Crippen molar-refractivity contribution in [3.63, 3.8) is 0 Å². The SMILES string of the molecule is O=C(O)c1ccccc1N/N=C/c1c(Sc2nnnn2-c2ccccc2)nc2ccccn2c1=O. The van der Waals surface area contributed by atoms with Crippen LogP contribution in [0.1, 0.15) is 15.9 Å². The lowest BCUT2D eigenvalue weighted by atomic mass is 10.2. The molecule has 12 heteroatoms. The molecule has 0 aliphatic heterocycles. The molecule has 0 unspecified atom stereocenters. The number of carbonyl (C=O) groups is 1. The smallest absolute Gasteiger partial charge is 0.337 e. The van der Waals surface area contributed by atoms with Gasteiger partial charge in [-0.25, -0.2) is 9.78 Å². The number of hydrogen-bond acceptors (Lipinski definition) is 9. The highest BCUT2D eigenvalue weighted by atomic mass is 32.2. The van der Waals surface area contributed by atoms with E-state index in [1.54, 1.807) is 47.3 Å². The monoisotopic (exact) mass is 484 g/mol. The van der Waals surface area contributed by atoms with Crippen molar-refractivity contribution in [2.24, 2.45) is 5.10 Å². The highest BCUT2D eigenvalue weighted by Crippen LogP contribution is 2.27. The Morgan fingerprint density at radius 2 is 1.80 bits per heavy atom. The number of aromatic carboxylic acids is 1. The molecule has 11 nitrogen and oxygen atoms in total. The van der Waals surface area contributed by atoms with Crippen LogP contribution in [-0.4, -0.2) is 46.9 Å². The molecule has 0 amide bonds. The quantitative estimate of drug-likeness (QED) is 0.203. The van der Waals surface area contributed by atoms with Crippen LogP contribution in [0.3, 0.4) is 0 Å². The van der Waals surface area contributed by atoms with Crippen LogP contribution in [0, 0.1) is 0 Å². The zero-order chi connectivity index (χ0) is 24.2. The van der Waals surface area contributed by atoms with E-state index < -0.39 is 5.97 Å². The number of hydrazone groups is 1. The molecule has 0 atom stereocenters. The Morgan fingerprint density at radius 1 is 1.03 bits per heavy atom. The van der Waals surface area contributed by atoms with Gasteiger partial charge in [-0.15, -0.1) is 5.10 Å². The number of nitrogens with one attached hydrogen (secondary N) is 1. The average molecular weight is 485 g/mol. The van der Waals surface area contributed by atoms with E-state index in [0.29, 0.717) is 15.8 Å². The molecule has 0 aliphatic rings. The Hall–Kier alpha value is -4.84. The van der Waals surface area contributed by atoms with E-state index in [-0.39, 0.29) is 22.4 Å². The molecule has 2 aromatic carbocycles. The van der Waals surface area contributed by atoms with Crippen LogP contribution in [0.25, 0.3) is 11.3 Å². The molecule has 5 aromatic rings. The number of fused-ring (bicyclic) bond motifs is 1. The number of nitrogens with zero attached hydrogens (tertiary/aromatic N) is 7. The summed E-state index contributed by atoms with van der Waals surface area (Å²) in [5.41, 5.74) is 4.06. The van der Waals surface area contributed by atoms with E-state index in [4.69, 9.17) is 0 Å². The van der Waals surface area contributed by atoms with Gasteiger partial charge in [0.05, 0.1) is 28.7 Å². The number of carboxylic acid groups (broad SMARTS) is 1. The summed E-state index contributed by atoms with van der Waals surface area (Å²) in [5, 5.41) is 26.1. The molecule has 0 aliphatic carbocycles. The fourth-order valence-corrected chi connectivity index (χ4v) is 4.13. The second kappa shape index (κ2) is 9.57. The Labute approximate surface area is 201 Å². The third-order valence-corrected chi connectivity index (χ3v) is 5.84. The van der Waals surface area contributed by atoms with Gasteiger partial charge in [0.25, 0.3) is 5.56 Å². The second-order valence-electron chi connectivity index (χ2n) is 7.10. The maximum absolute atomic E-state index is 13.3. The number of carboxylic acids is 1. The number of para-hydroxylation sites is 2. The molecule has 35 heavy (non-hydrogen) atoms. The van der Waals surface area contributed by atoms with E-state index in [9.17, 15) is 14.7 Å². The van der Waals surface area contributed by atoms with Crippen LogP contribution < -0.4 is 11.0 Å². The van der Waals surface area contributed by atoms with Crippen LogP contribution in [-0.2, 0) is 0 Å². The fourth-order valence-electron chi connectivity index (χ4n) is 3.26. The molecule has 3 aromatic heterocycles. The van der Waals surface area contributed by atoms with Crippen molar-refractivity contribution in [2.75, 3.05) is 5.43 Å². The number of pyridine rings is 1. The summed E-state index contributed by atoms with van der Waals surface area (Å²) in [6, 6.07) is 20.9. The number of anilines is 1. The van der Waals surface area contributed by atoms with Crippen molar-refractivity contribution in [1.29, 1.82) is 0 Å². The van der Waals surface area contributed by atoms with Crippen LogP contribution in [0.4, 0.5) is 5.69 Å². The van der Waals surface area contributed by atoms with Gasteiger partial charge in [-0.2, -0.15) is 9.78 Å². The largest absolute Gasteiger partial charge is 0.478 e. The van der Waals surface area contributed by atoms with Gasteiger partial charge < -0.3 is 5.11 Å². The highest BCUT2D eigenvalue weighted by molar-refractivity contribution is 7.99. The van der Waals surface area contributed by atoms with E-state index >= 15 is 0 Å². The van der Waals surface area contributed by atoms with Gasteiger partial charge in [-0.1, -0.05) is 36.4 Å². The molecule has 0 saturated heterocycles. The van der Waals surface area contributed by atoms with E-state index in [1.165, 1.54) is 16.7 Å². The zero-order valence-corrected chi connectivity index (χ0v) is 18.7. The molecule has 0 saturated carbocycles. The predicted octanol–water partition coefficient (Wildman–Crippen LogP) is 2.97. The maximum atomic E-state index is 13.3. The van der Waals surface area contributed by atoms with Crippen molar-refractivity contribution >= 4 is 35.3 Å². The average Bonchev–Trinajstić information content (AvgIpc) is 3.35. The summed E-state index contributed by atoms with van der Waals surface area (Å²) in [5.74, 6) is -1.10. The van der Waals surface area contributed by atoms with E-state index in [2.05, 4.69) is 31.0 Å². The summed E-state index contributed by atoms with van der Waals surface area (Å²) in [6.07, 6.45) is 2.92. The maximum Gasteiger partial charge on any atom is 0.337 e. The van der Waals surface area contributed by atoms with Crippen molar-refractivity contribution in [3.05, 3.63) is 100 Å². The minimum Gasteiger partial charge on any atom is -0.478 e. The fraction of sp³-hybridized carbons (Fsp3) is 0. The van der Waals surface area contributed by atoms with Crippen LogP contribution in [0.15, 0.2) is 99.1 Å². The van der Waals surface area contributed by atoms with Crippen LogP contribution in [0.5, 0.6) is 0 Å². The van der Waals surface area contributed by atoms with Gasteiger partial charge in [0.1, 0.15) is 10.7 Å². The lowest BCUT2D eigenvalue weighted by Gasteiger charge is -2.08. The number of hydrogen-bond donors (Lipinski definition) is 2. The van der Waals surface area contributed by atoms with Crippen molar-refractivity contribution < 1.29 is 9.90 Å². The molecule has 2 N–H and O–H groups in total. The third kappa shape index (κ3) is 4.50. The highest BCUT2D eigenvalue weighted by Gasteiger charge is 2.17. The number of rotatable bonds is 7. The molecular formula is C23H16N8O3S. The lowest BCUT2D eigenvalue weighted by molar-refractivity contribution is 0.0698. The van der Waals surface area contributed by atoms with Gasteiger partial charge in [0, 0.05) is 6.20 Å².